The smallest absolute Gasteiger partial charge is 0.225 e. The number of hydrogen-bond donors (Lipinski definition) is 0. The molecular formula is C13H24BrNO2. The van der Waals surface area contributed by atoms with Crippen LogP contribution in [0.5, 0.6) is 0 Å². The van der Waals surface area contributed by atoms with Gasteiger partial charge >= 0.3 is 0 Å². The van der Waals surface area contributed by atoms with E-state index >= 15 is 0 Å². The number of amides is 1. The van der Waals surface area contributed by atoms with Gasteiger partial charge in [0.05, 0.1) is 11.4 Å². The van der Waals surface area contributed by atoms with Crippen molar-refractivity contribution in [2.75, 3.05) is 27.3 Å². The summed E-state index contributed by atoms with van der Waals surface area (Å²) in [6.07, 6.45) is 3.37. The highest BCUT2D eigenvalue weighted by atomic mass is 79.9. The molecule has 17 heavy (non-hydrogen) atoms. The van der Waals surface area contributed by atoms with Gasteiger partial charge in [0.1, 0.15) is 0 Å². The zero-order valence-corrected chi connectivity index (χ0v) is 12.9. The van der Waals surface area contributed by atoms with Crippen molar-refractivity contribution in [3.63, 3.8) is 0 Å². The summed E-state index contributed by atoms with van der Waals surface area (Å²) in [6, 6.07) is 0. The van der Waals surface area contributed by atoms with Crippen LogP contribution in [0, 0.1) is 11.3 Å². The number of methoxy groups -OCH3 is 1. The lowest BCUT2D eigenvalue weighted by atomic mass is 9.81. The van der Waals surface area contributed by atoms with Crippen LogP contribution in [0.1, 0.15) is 33.1 Å². The van der Waals surface area contributed by atoms with Crippen LogP contribution >= 0.6 is 15.9 Å². The van der Waals surface area contributed by atoms with E-state index in [0.717, 1.165) is 12.8 Å². The lowest BCUT2D eigenvalue weighted by molar-refractivity contribution is -0.137. The Hall–Kier alpha value is -0.0900. The third-order valence-electron chi connectivity index (χ3n) is 3.75. The molecule has 0 aromatic carbocycles. The van der Waals surface area contributed by atoms with E-state index in [-0.39, 0.29) is 22.1 Å². The molecule has 1 fully saturated rings. The number of hydrogen-bond acceptors (Lipinski definition) is 2. The molecule has 0 saturated heterocycles. The number of rotatable bonds is 5. The predicted octanol–water partition coefficient (Wildman–Crippen LogP) is 2.68. The fourth-order valence-electron chi connectivity index (χ4n) is 2.67. The Bertz CT molecular complexity index is 268. The summed E-state index contributed by atoms with van der Waals surface area (Å²) in [6.45, 7) is 5.75. The zero-order chi connectivity index (χ0) is 13.1. The molecule has 1 saturated carbocycles. The molecule has 1 aliphatic carbocycles. The number of halogens is 1. The van der Waals surface area contributed by atoms with Crippen LogP contribution in [0.25, 0.3) is 0 Å². The van der Waals surface area contributed by atoms with Gasteiger partial charge in [-0.2, -0.15) is 0 Å². The fourth-order valence-corrected chi connectivity index (χ4v) is 3.37. The van der Waals surface area contributed by atoms with E-state index in [0.29, 0.717) is 13.2 Å². The maximum Gasteiger partial charge on any atom is 0.225 e. The molecule has 0 bridgehead atoms. The number of ether oxygens (including phenoxy) is 1. The van der Waals surface area contributed by atoms with Crippen molar-refractivity contribution in [2.24, 2.45) is 11.3 Å². The van der Waals surface area contributed by atoms with Gasteiger partial charge in [0.2, 0.25) is 5.91 Å². The molecule has 0 N–H and O–H groups in total. The van der Waals surface area contributed by atoms with E-state index in [9.17, 15) is 4.79 Å². The Labute approximate surface area is 113 Å². The molecule has 0 spiro atoms. The Morgan fingerprint density at radius 1 is 1.59 bits per heavy atom. The van der Waals surface area contributed by atoms with Gasteiger partial charge in [-0.3, -0.25) is 4.79 Å². The van der Waals surface area contributed by atoms with Gasteiger partial charge in [-0.1, -0.05) is 36.2 Å². The van der Waals surface area contributed by atoms with E-state index in [1.807, 2.05) is 11.9 Å². The molecule has 0 heterocycles. The summed E-state index contributed by atoms with van der Waals surface area (Å²) in [5, 5.41) is 0. The van der Waals surface area contributed by atoms with Gasteiger partial charge < -0.3 is 9.64 Å². The predicted molar refractivity (Wildman–Crippen MR) is 73.4 cm³/mol. The maximum atomic E-state index is 12.4. The van der Waals surface area contributed by atoms with Crippen LogP contribution in [0.4, 0.5) is 0 Å². The minimum absolute atomic E-state index is 0.161. The minimum atomic E-state index is 0.161. The zero-order valence-electron chi connectivity index (χ0n) is 11.3. The molecule has 4 heteroatoms. The number of nitrogens with zero attached hydrogens (tertiary/aromatic N) is 1. The molecule has 3 nitrogen and oxygen atoms in total. The third-order valence-corrected chi connectivity index (χ3v) is 4.30. The number of alkyl halides is 1. The van der Waals surface area contributed by atoms with E-state index < -0.39 is 0 Å². The molecule has 1 rings (SSSR count). The second kappa shape index (κ2) is 6.19. The molecule has 0 aromatic rings. The summed E-state index contributed by atoms with van der Waals surface area (Å²) >= 11 is 3.53. The van der Waals surface area contributed by atoms with Gasteiger partial charge in [0.15, 0.2) is 0 Å². The highest BCUT2D eigenvalue weighted by Crippen LogP contribution is 2.43. The van der Waals surface area contributed by atoms with Crippen molar-refractivity contribution < 1.29 is 9.53 Å². The summed E-state index contributed by atoms with van der Waals surface area (Å²) in [5.41, 5.74) is 0.161. The van der Waals surface area contributed by atoms with Gasteiger partial charge in [-0.05, 0) is 18.3 Å². The summed E-state index contributed by atoms with van der Waals surface area (Å²) in [7, 11) is 3.57. The normalized spacial score (nSPS) is 24.6. The second-order valence-corrected chi connectivity index (χ2v) is 7.00. The van der Waals surface area contributed by atoms with Crippen molar-refractivity contribution in [3.8, 4) is 0 Å². The van der Waals surface area contributed by atoms with Gasteiger partial charge in [-0.15, -0.1) is 0 Å². The Balaban J connectivity index is 2.52. The Morgan fingerprint density at radius 3 is 2.71 bits per heavy atom. The molecule has 1 aliphatic rings. The van der Waals surface area contributed by atoms with Gasteiger partial charge in [0.25, 0.3) is 0 Å². The second-order valence-electron chi connectivity index (χ2n) is 5.70. The summed E-state index contributed by atoms with van der Waals surface area (Å²) in [4.78, 5) is 14.4. The van der Waals surface area contributed by atoms with Crippen LogP contribution in [0.15, 0.2) is 0 Å². The van der Waals surface area contributed by atoms with E-state index in [4.69, 9.17) is 4.74 Å². The van der Waals surface area contributed by atoms with Crippen molar-refractivity contribution in [3.05, 3.63) is 0 Å². The Kier molecular flexibility index (Phi) is 5.45. The Morgan fingerprint density at radius 2 is 2.24 bits per heavy atom. The van der Waals surface area contributed by atoms with Crippen LogP contribution in [0.3, 0.4) is 0 Å². The lowest BCUT2D eigenvalue weighted by Gasteiger charge is -2.30. The average Bonchev–Trinajstić information content (AvgIpc) is 2.57. The highest BCUT2D eigenvalue weighted by Gasteiger charge is 2.40. The van der Waals surface area contributed by atoms with Crippen LogP contribution < -0.4 is 0 Å². The number of carbonyl (C=O) groups excluding carboxylic acids is 1. The molecule has 0 radical (unpaired) electrons. The van der Waals surface area contributed by atoms with E-state index in [2.05, 4.69) is 29.8 Å². The van der Waals surface area contributed by atoms with Crippen molar-refractivity contribution in [2.45, 2.75) is 37.9 Å². The van der Waals surface area contributed by atoms with Gasteiger partial charge in [0, 0.05) is 26.6 Å². The molecule has 1 amide bonds. The quantitative estimate of drug-likeness (QED) is 0.731. The molecule has 0 aliphatic heterocycles. The first-order valence-corrected chi connectivity index (χ1v) is 7.18. The molecule has 2 unspecified atom stereocenters. The standard InChI is InChI=1S/C13H24BrNO2/c1-13(2)7-5-6-11(13)12(16)15(3)8-10(14)9-17-4/h10-11H,5-9H2,1-4H3. The number of carbonyl (C=O) groups is 1. The topological polar surface area (TPSA) is 29.5 Å². The van der Waals surface area contributed by atoms with Crippen molar-refractivity contribution in [1.82, 2.24) is 4.90 Å². The van der Waals surface area contributed by atoms with Crippen LogP contribution in [-0.4, -0.2) is 42.9 Å². The SMILES string of the molecule is COCC(Br)CN(C)C(=O)C1CCCC1(C)C. The van der Waals surface area contributed by atoms with E-state index in [1.54, 1.807) is 7.11 Å². The average molecular weight is 306 g/mol. The first-order valence-electron chi connectivity index (χ1n) is 6.26. The fraction of sp³-hybridized carbons (Fsp3) is 0.923. The largest absolute Gasteiger partial charge is 0.383 e. The first-order chi connectivity index (χ1) is 7.88. The highest BCUT2D eigenvalue weighted by molar-refractivity contribution is 9.09. The lowest BCUT2D eigenvalue weighted by Crippen LogP contribution is -2.40. The van der Waals surface area contributed by atoms with Crippen LogP contribution in [0.2, 0.25) is 0 Å². The summed E-state index contributed by atoms with van der Waals surface area (Å²) in [5.74, 6) is 0.475. The molecule has 100 valence electrons. The van der Waals surface area contributed by atoms with Crippen molar-refractivity contribution in [1.29, 1.82) is 0 Å². The summed E-state index contributed by atoms with van der Waals surface area (Å²) < 4.78 is 5.07. The third kappa shape index (κ3) is 3.95. The molecule has 0 aromatic heterocycles. The van der Waals surface area contributed by atoms with Crippen molar-refractivity contribution >= 4 is 21.8 Å². The van der Waals surface area contributed by atoms with Gasteiger partial charge in [-0.25, -0.2) is 0 Å². The molecule has 2 atom stereocenters. The first kappa shape index (κ1) is 15.0. The monoisotopic (exact) mass is 305 g/mol. The maximum absolute atomic E-state index is 12.4. The van der Waals surface area contributed by atoms with Crippen LogP contribution in [-0.2, 0) is 9.53 Å². The van der Waals surface area contributed by atoms with E-state index in [1.165, 1.54) is 6.42 Å². The minimum Gasteiger partial charge on any atom is -0.383 e. The molecular weight excluding hydrogens is 282 g/mol.